The summed E-state index contributed by atoms with van der Waals surface area (Å²) in [6, 6.07) is 2.22. The predicted octanol–water partition coefficient (Wildman–Crippen LogP) is 2.72. The predicted molar refractivity (Wildman–Crippen MR) is 71.8 cm³/mol. The third-order valence-corrected chi connectivity index (χ3v) is 4.11. The summed E-state index contributed by atoms with van der Waals surface area (Å²) in [4.78, 5) is 11.9. The van der Waals surface area contributed by atoms with Crippen molar-refractivity contribution < 1.29 is 4.79 Å². The summed E-state index contributed by atoms with van der Waals surface area (Å²) in [5, 5.41) is 12.1. The molecule has 0 saturated heterocycles. The van der Waals surface area contributed by atoms with E-state index in [1.54, 1.807) is 0 Å². The Balaban J connectivity index is 2.18. The van der Waals surface area contributed by atoms with E-state index in [4.69, 9.17) is 5.26 Å². The first kappa shape index (κ1) is 14.4. The van der Waals surface area contributed by atoms with Crippen LogP contribution in [0.25, 0.3) is 0 Å². The van der Waals surface area contributed by atoms with Crippen molar-refractivity contribution in [3.8, 4) is 6.07 Å². The van der Waals surface area contributed by atoms with Gasteiger partial charge in [0.05, 0.1) is 6.07 Å². The van der Waals surface area contributed by atoms with Crippen LogP contribution in [0.2, 0.25) is 0 Å². The van der Waals surface area contributed by atoms with E-state index in [0.717, 1.165) is 45.1 Å². The van der Waals surface area contributed by atoms with Gasteiger partial charge in [-0.25, -0.2) is 0 Å². The van der Waals surface area contributed by atoms with Crippen molar-refractivity contribution in [3.05, 3.63) is 0 Å². The minimum absolute atomic E-state index is 0.0395. The fourth-order valence-corrected chi connectivity index (χ4v) is 2.78. The maximum Gasteiger partial charge on any atom is 0.240 e. The van der Waals surface area contributed by atoms with Crippen molar-refractivity contribution >= 4 is 17.7 Å². The molecule has 0 radical (unpaired) electrons. The molecule has 0 heterocycles. The Kier molecular flexibility index (Phi) is 6.43. The van der Waals surface area contributed by atoms with Crippen molar-refractivity contribution in [2.24, 2.45) is 5.41 Å². The van der Waals surface area contributed by atoms with Crippen molar-refractivity contribution in [1.29, 1.82) is 5.26 Å². The van der Waals surface area contributed by atoms with E-state index >= 15 is 0 Å². The van der Waals surface area contributed by atoms with Gasteiger partial charge in [0.1, 0.15) is 5.41 Å². The van der Waals surface area contributed by atoms with Gasteiger partial charge < -0.3 is 5.32 Å². The molecule has 1 amide bonds. The Morgan fingerprint density at radius 3 is 2.65 bits per heavy atom. The van der Waals surface area contributed by atoms with Crippen LogP contribution in [0, 0.1) is 16.7 Å². The van der Waals surface area contributed by atoms with Crippen LogP contribution in [0.1, 0.15) is 44.9 Å². The lowest BCUT2D eigenvalue weighted by molar-refractivity contribution is -0.127. The van der Waals surface area contributed by atoms with E-state index < -0.39 is 5.41 Å². The molecule has 0 aromatic carbocycles. The van der Waals surface area contributed by atoms with Crippen LogP contribution in [0.5, 0.6) is 0 Å². The molecule has 1 aliphatic carbocycles. The van der Waals surface area contributed by atoms with E-state index in [9.17, 15) is 4.79 Å². The Hall–Kier alpha value is -0.690. The average Bonchev–Trinajstić information content (AvgIpc) is 2.83. The highest BCUT2D eigenvalue weighted by molar-refractivity contribution is 7.98. The highest BCUT2D eigenvalue weighted by atomic mass is 32.2. The molecule has 0 atom stereocenters. The Morgan fingerprint density at radius 1 is 1.35 bits per heavy atom. The lowest BCUT2D eigenvalue weighted by Crippen LogP contribution is -2.38. The number of nitrogens with zero attached hydrogens (tertiary/aromatic N) is 1. The summed E-state index contributed by atoms with van der Waals surface area (Å²) in [6.07, 6.45) is 8.99. The minimum atomic E-state index is -0.709. The third-order valence-electron chi connectivity index (χ3n) is 3.42. The quantitative estimate of drug-likeness (QED) is 0.711. The SMILES string of the molecule is CSCCCCCNC(=O)C1(C#N)CCCC1. The van der Waals surface area contributed by atoms with Gasteiger partial charge in [0, 0.05) is 6.54 Å². The second kappa shape index (κ2) is 7.60. The molecule has 0 aromatic heterocycles. The van der Waals surface area contributed by atoms with Crippen molar-refractivity contribution in [1.82, 2.24) is 5.32 Å². The first-order valence-corrected chi connectivity index (χ1v) is 7.83. The number of rotatable bonds is 7. The third kappa shape index (κ3) is 4.23. The zero-order chi connectivity index (χ0) is 12.6. The van der Waals surface area contributed by atoms with Crippen LogP contribution in [0.4, 0.5) is 0 Å². The molecule has 0 aliphatic heterocycles. The fraction of sp³-hybridized carbons (Fsp3) is 0.846. The number of unbranched alkanes of at least 4 members (excludes halogenated alkanes) is 2. The maximum absolute atomic E-state index is 11.9. The normalized spacial score (nSPS) is 17.6. The van der Waals surface area contributed by atoms with Gasteiger partial charge in [0.25, 0.3) is 0 Å². The topological polar surface area (TPSA) is 52.9 Å². The van der Waals surface area contributed by atoms with Crippen LogP contribution >= 0.6 is 11.8 Å². The highest BCUT2D eigenvalue weighted by Gasteiger charge is 2.41. The number of carbonyl (C=O) groups excluding carboxylic acids is 1. The second-order valence-electron chi connectivity index (χ2n) is 4.71. The number of amides is 1. The highest BCUT2D eigenvalue weighted by Crippen LogP contribution is 2.37. The lowest BCUT2D eigenvalue weighted by Gasteiger charge is -2.19. The molecule has 4 heteroatoms. The van der Waals surface area contributed by atoms with E-state index in [1.165, 1.54) is 12.2 Å². The van der Waals surface area contributed by atoms with Gasteiger partial charge >= 0.3 is 0 Å². The number of hydrogen-bond acceptors (Lipinski definition) is 3. The molecule has 1 fully saturated rings. The number of nitrogens with one attached hydrogen (secondary N) is 1. The summed E-state index contributed by atoms with van der Waals surface area (Å²) in [7, 11) is 0. The van der Waals surface area contributed by atoms with Crippen molar-refractivity contribution in [3.63, 3.8) is 0 Å². The smallest absolute Gasteiger partial charge is 0.240 e. The molecular formula is C13H22N2OS. The number of thioether (sulfide) groups is 1. The second-order valence-corrected chi connectivity index (χ2v) is 5.70. The summed E-state index contributed by atoms with van der Waals surface area (Å²) >= 11 is 1.86. The monoisotopic (exact) mass is 254 g/mol. The standard InChI is InChI=1S/C13H22N2OS/c1-17-10-6-2-5-9-15-12(16)13(11-14)7-3-4-8-13/h2-10H2,1H3,(H,15,16). The molecule has 0 unspecified atom stereocenters. The summed E-state index contributed by atoms with van der Waals surface area (Å²) < 4.78 is 0. The fourth-order valence-electron chi connectivity index (χ4n) is 2.29. The molecule has 0 aromatic rings. The molecule has 0 bridgehead atoms. The Morgan fingerprint density at radius 2 is 2.06 bits per heavy atom. The van der Waals surface area contributed by atoms with Gasteiger partial charge in [0.15, 0.2) is 0 Å². The summed E-state index contributed by atoms with van der Waals surface area (Å²) in [5.41, 5.74) is -0.709. The zero-order valence-corrected chi connectivity index (χ0v) is 11.4. The molecule has 0 spiro atoms. The van der Waals surface area contributed by atoms with Crippen molar-refractivity contribution in [2.75, 3.05) is 18.6 Å². The van der Waals surface area contributed by atoms with Crippen LogP contribution in [0.3, 0.4) is 0 Å². The van der Waals surface area contributed by atoms with Gasteiger partial charge in [-0.1, -0.05) is 19.3 Å². The minimum Gasteiger partial charge on any atom is -0.355 e. The van der Waals surface area contributed by atoms with Gasteiger partial charge in [0.2, 0.25) is 5.91 Å². The van der Waals surface area contributed by atoms with E-state index in [1.807, 2.05) is 11.8 Å². The van der Waals surface area contributed by atoms with Gasteiger partial charge in [-0.05, 0) is 37.7 Å². The van der Waals surface area contributed by atoms with Gasteiger partial charge in [-0.15, -0.1) is 0 Å². The lowest BCUT2D eigenvalue weighted by atomic mass is 9.87. The Bertz CT molecular complexity index is 280. The zero-order valence-electron chi connectivity index (χ0n) is 10.6. The molecule has 3 nitrogen and oxygen atoms in total. The Labute approximate surface area is 108 Å². The maximum atomic E-state index is 11.9. The average molecular weight is 254 g/mol. The summed E-state index contributed by atoms with van der Waals surface area (Å²) in [6.45, 7) is 0.719. The summed E-state index contributed by atoms with van der Waals surface area (Å²) in [5.74, 6) is 1.15. The van der Waals surface area contributed by atoms with Crippen LogP contribution < -0.4 is 5.32 Å². The molecule has 1 N–H and O–H groups in total. The van der Waals surface area contributed by atoms with Crippen molar-refractivity contribution in [2.45, 2.75) is 44.9 Å². The van der Waals surface area contributed by atoms with Crippen LogP contribution in [-0.4, -0.2) is 24.5 Å². The molecule has 1 aliphatic rings. The van der Waals surface area contributed by atoms with Gasteiger partial charge in [-0.3, -0.25) is 4.79 Å². The van der Waals surface area contributed by atoms with Crippen LogP contribution in [0.15, 0.2) is 0 Å². The number of nitriles is 1. The van der Waals surface area contributed by atoms with Crippen LogP contribution in [-0.2, 0) is 4.79 Å². The number of hydrogen-bond donors (Lipinski definition) is 1. The molecule has 1 saturated carbocycles. The van der Waals surface area contributed by atoms with Gasteiger partial charge in [-0.2, -0.15) is 17.0 Å². The molecular weight excluding hydrogens is 232 g/mol. The largest absolute Gasteiger partial charge is 0.355 e. The number of carbonyl (C=O) groups is 1. The van der Waals surface area contributed by atoms with E-state index in [2.05, 4.69) is 17.6 Å². The molecule has 1 rings (SSSR count). The first-order valence-electron chi connectivity index (χ1n) is 6.44. The molecule has 96 valence electrons. The molecule has 17 heavy (non-hydrogen) atoms. The van der Waals surface area contributed by atoms with E-state index in [0.29, 0.717) is 0 Å². The van der Waals surface area contributed by atoms with E-state index in [-0.39, 0.29) is 5.91 Å². The first-order chi connectivity index (χ1) is 8.25.